The van der Waals surface area contributed by atoms with Gasteiger partial charge in [0.1, 0.15) is 0 Å². The van der Waals surface area contributed by atoms with E-state index in [2.05, 4.69) is 5.32 Å². The second kappa shape index (κ2) is 8.98. The predicted octanol–water partition coefficient (Wildman–Crippen LogP) is 3.58. The number of nitrogens with one attached hydrogen (secondary N) is 1. The summed E-state index contributed by atoms with van der Waals surface area (Å²) >= 11 is 0. The number of nitrogens with zero attached hydrogens (tertiary/aromatic N) is 1. The number of anilines is 2. The summed E-state index contributed by atoms with van der Waals surface area (Å²) < 4.78 is 11.2. The second-order valence-electron chi connectivity index (χ2n) is 7.35. The molecule has 0 spiro atoms. The average molecular weight is 408 g/mol. The number of benzene rings is 2. The van der Waals surface area contributed by atoms with Crippen LogP contribution in [0.15, 0.2) is 42.5 Å². The number of para-hydroxylation sites is 2. The highest BCUT2D eigenvalue weighted by molar-refractivity contribution is 6.04. The highest BCUT2D eigenvalue weighted by atomic mass is 16.5. The Kier molecular flexibility index (Phi) is 5.97. The molecule has 1 saturated heterocycles. The monoisotopic (exact) mass is 408 g/mol. The molecule has 1 N–H and O–H groups in total. The van der Waals surface area contributed by atoms with E-state index in [1.54, 1.807) is 29.2 Å². The van der Waals surface area contributed by atoms with Gasteiger partial charge in [0.2, 0.25) is 11.8 Å². The lowest BCUT2D eigenvalue weighted by atomic mass is 10.1. The fraction of sp³-hybridized carbons (Fsp3) is 0.348. The Morgan fingerprint density at radius 3 is 2.57 bits per heavy atom. The van der Waals surface area contributed by atoms with Crippen molar-refractivity contribution in [3.8, 4) is 11.5 Å². The van der Waals surface area contributed by atoms with Crippen LogP contribution < -0.4 is 19.7 Å². The molecule has 0 aliphatic carbocycles. The second-order valence-corrected chi connectivity index (χ2v) is 7.35. The van der Waals surface area contributed by atoms with Crippen LogP contribution in [0, 0.1) is 0 Å². The zero-order valence-electron chi connectivity index (χ0n) is 16.7. The topological polar surface area (TPSA) is 84.9 Å². The van der Waals surface area contributed by atoms with Gasteiger partial charge < -0.3 is 19.7 Å². The molecule has 0 radical (unpaired) electrons. The van der Waals surface area contributed by atoms with Crippen LogP contribution >= 0.6 is 0 Å². The molecule has 0 atom stereocenters. The van der Waals surface area contributed by atoms with Crippen LogP contribution in [0.5, 0.6) is 11.5 Å². The third-order valence-corrected chi connectivity index (χ3v) is 5.19. The number of hydrogen-bond donors (Lipinski definition) is 1. The summed E-state index contributed by atoms with van der Waals surface area (Å²) in [4.78, 5) is 38.8. The van der Waals surface area contributed by atoms with Gasteiger partial charge in [-0.3, -0.25) is 14.4 Å². The number of ether oxygens (including phenoxy) is 2. The van der Waals surface area contributed by atoms with E-state index in [0.29, 0.717) is 54.6 Å². The lowest BCUT2D eigenvalue weighted by Gasteiger charge is -2.20. The van der Waals surface area contributed by atoms with E-state index in [9.17, 15) is 14.4 Å². The van der Waals surface area contributed by atoms with Gasteiger partial charge in [-0.1, -0.05) is 12.1 Å². The lowest BCUT2D eigenvalue weighted by molar-refractivity contribution is -0.117. The maximum atomic E-state index is 12.6. The molecule has 2 amide bonds. The largest absolute Gasteiger partial charge is 0.490 e. The van der Waals surface area contributed by atoms with Crippen LogP contribution in [0.2, 0.25) is 0 Å². The molecule has 0 saturated carbocycles. The van der Waals surface area contributed by atoms with Gasteiger partial charge >= 0.3 is 0 Å². The first-order valence-electron chi connectivity index (χ1n) is 10.2. The molecule has 1 fully saturated rings. The van der Waals surface area contributed by atoms with Crippen molar-refractivity contribution in [2.45, 2.75) is 32.1 Å². The Hall–Kier alpha value is -3.35. The first kappa shape index (κ1) is 19.9. The van der Waals surface area contributed by atoms with E-state index in [4.69, 9.17) is 9.47 Å². The molecule has 0 aromatic heterocycles. The molecule has 0 unspecified atom stereocenters. The predicted molar refractivity (Wildman–Crippen MR) is 112 cm³/mol. The minimum absolute atomic E-state index is 0.0511. The van der Waals surface area contributed by atoms with Crippen molar-refractivity contribution in [3.63, 3.8) is 0 Å². The third kappa shape index (κ3) is 4.45. The minimum atomic E-state index is -0.267. The lowest BCUT2D eigenvalue weighted by Crippen LogP contribution is -2.25. The highest BCUT2D eigenvalue weighted by Crippen LogP contribution is 2.31. The summed E-state index contributed by atoms with van der Waals surface area (Å²) in [7, 11) is 0. The molecule has 2 aliphatic rings. The minimum Gasteiger partial charge on any atom is -0.490 e. The van der Waals surface area contributed by atoms with Crippen molar-refractivity contribution >= 4 is 29.0 Å². The zero-order chi connectivity index (χ0) is 20.9. The Morgan fingerprint density at radius 1 is 0.967 bits per heavy atom. The summed E-state index contributed by atoms with van der Waals surface area (Å²) in [5, 5.41) is 2.84. The molecule has 2 heterocycles. The van der Waals surface area contributed by atoms with Gasteiger partial charge in [-0.15, -0.1) is 0 Å². The summed E-state index contributed by atoms with van der Waals surface area (Å²) in [6.45, 7) is 1.78. The number of amides is 2. The molecule has 4 rings (SSSR count). The van der Waals surface area contributed by atoms with Gasteiger partial charge in [0.25, 0.3) is 0 Å². The number of rotatable bonds is 6. The molecular weight excluding hydrogens is 384 g/mol. The third-order valence-electron chi connectivity index (χ3n) is 5.19. The van der Waals surface area contributed by atoms with Crippen LogP contribution in [0.4, 0.5) is 11.4 Å². The van der Waals surface area contributed by atoms with Gasteiger partial charge in [0.15, 0.2) is 17.3 Å². The molecule has 2 aliphatic heterocycles. The van der Waals surface area contributed by atoms with Crippen LogP contribution in [0.3, 0.4) is 0 Å². The van der Waals surface area contributed by atoms with Crippen LogP contribution in [-0.4, -0.2) is 37.4 Å². The Labute approximate surface area is 175 Å². The van der Waals surface area contributed by atoms with E-state index >= 15 is 0 Å². The maximum absolute atomic E-state index is 12.6. The standard InChI is InChI=1S/C23H24N2O5/c26-19(16-8-10-20-21(15-16)30-14-4-13-29-20)9-11-22(27)24-17-5-1-2-6-18(17)25-12-3-7-23(25)28/h1-2,5-6,8,10,15H,3-4,7,9,11-14H2,(H,24,27). The Balaban J connectivity index is 1.37. The summed E-state index contributed by atoms with van der Waals surface area (Å²) in [6.07, 6.45) is 2.26. The van der Waals surface area contributed by atoms with E-state index in [1.165, 1.54) is 0 Å². The number of carbonyl (C=O) groups excluding carboxylic acids is 3. The van der Waals surface area contributed by atoms with Crippen molar-refractivity contribution in [1.29, 1.82) is 0 Å². The van der Waals surface area contributed by atoms with Crippen molar-refractivity contribution in [2.24, 2.45) is 0 Å². The highest BCUT2D eigenvalue weighted by Gasteiger charge is 2.24. The molecule has 7 nitrogen and oxygen atoms in total. The number of ketones is 1. The van der Waals surface area contributed by atoms with E-state index in [1.807, 2.05) is 18.2 Å². The van der Waals surface area contributed by atoms with Gasteiger partial charge in [-0.05, 0) is 36.8 Å². The SMILES string of the molecule is O=C(CCC(=O)c1ccc2c(c1)OCCCO2)Nc1ccccc1N1CCCC1=O. The fourth-order valence-electron chi connectivity index (χ4n) is 3.64. The number of hydrogen-bond acceptors (Lipinski definition) is 5. The summed E-state index contributed by atoms with van der Waals surface area (Å²) in [5.74, 6) is 0.851. The number of fused-ring (bicyclic) bond motifs is 1. The molecule has 30 heavy (non-hydrogen) atoms. The number of Topliss-reactive ketones (excluding diaryl/α,β-unsaturated/α-hetero) is 1. The van der Waals surface area contributed by atoms with Crippen LogP contribution in [0.25, 0.3) is 0 Å². The van der Waals surface area contributed by atoms with Crippen LogP contribution in [0.1, 0.15) is 42.5 Å². The molecule has 7 heteroatoms. The van der Waals surface area contributed by atoms with E-state index in [-0.39, 0.29) is 30.4 Å². The van der Waals surface area contributed by atoms with Crippen LogP contribution in [-0.2, 0) is 9.59 Å². The van der Waals surface area contributed by atoms with Crippen molar-refractivity contribution < 1.29 is 23.9 Å². The van der Waals surface area contributed by atoms with E-state index < -0.39 is 0 Å². The smallest absolute Gasteiger partial charge is 0.227 e. The van der Waals surface area contributed by atoms with Crippen molar-refractivity contribution in [2.75, 3.05) is 30.0 Å². The molecule has 2 aromatic carbocycles. The van der Waals surface area contributed by atoms with Gasteiger partial charge in [0.05, 0.1) is 24.6 Å². The summed E-state index contributed by atoms with van der Waals surface area (Å²) in [5.41, 5.74) is 1.78. The quantitative estimate of drug-likeness (QED) is 0.739. The molecule has 156 valence electrons. The average Bonchev–Trinajstić information content (AvgIpc) is 3.04. The molecule has 0 bridgehead atoms. The number of carbonyl (C=O) groups is 3. The maximum Gasteiger partial charge on any atom is 0.227 e. The van der Waals surface area contributed by atoms with Gasteiger partial charge in [-0.2, -0.15) is 0 Å². The summed E-state index contributed by atoms with van der Waals surface area (Å²) in [6, 6.07) is 12.3. The zero-order valence-corrected chi connectivity index (χ0v) is 16.7. The van der Waals surface area contributed by atoms with Gasteiger partial charge in [-0.25, -0.2) is 0 Å². The van der Waals surface area contributed by atoms with Crippen molar-refractivity contribution in [1.82, 2.24) is 0 Å². The molecule has 2 aromatic rings. The van der Waals surface area contributed by atoms with Crippen molar-refractivity contribution in [3.05, 3.63) is 48.0 Å². The first-order chi connectivity index (χ1) is 14.6. The van der Waals surface area contributed by atoms with Gasteiger partial charge in [0, 0.05) is 37.8 Å². The molecular formula is C23H24N2O5. The fourth-order valence-corrected chi connectivity index (χ4v) is 3.64. The Morgan fingerprint density at radius 2 is 1.77 bits per heavy atom. The Bertz CT molecular complexity index is 972. The normalized spacial score (nSPS) is 15.6. The first-order valence-corrected chi connectivity index (χ1v) is 10.2. The van der Waals surface area contributed by atoms with E-state index in [0.717, 1.165) is 12.8 Å².